The van der Waals surface area contributed by atoms with Crippen molar-refractivity contribution in [2.45, 2.75) is 32.9 Å². The number of ether oxygens (including phenoxy) is 2. The summed E-state index contributed by atoms with van der Waals surface area (Å²) < 4.78 is 34.8. The number of methoxy groups -OCH3 is 1. The Balaban J connectivity index is 2.99. The van der Waals surface area contributed by atoms with Crippen molar-refractivity contribution in [3.05, 3.63) is 22.7 Å². The lowest BCUT2D eigenvalue weighted by Crippen LogP contribution is -2.22. The summed E-state index contributed by atoms with van der Waals surface area (Å²) in [5, 5.41) is 3.66. The molecule has 0 atom stereocenters. The molecule has 0 unspecified atom stereocenters. The number of halogens is 3. The summed E-state index contributed by atoms with van der Waals surface area (Å²) >= 11 is 5.97. The Morgan fingerprint density at radius 1 is 1.32 bits per heavy atom. The zero-order valence-electron chi connectivity index (χ0n) is 11.2. The topological polar surface area (TPSA) is 30.5 Å². The molecule has 19 heavy (non-hydrogen) atoms. The fraction of sp³-hybridized carbons (Fsp3) is 0.538. The van der Waals surface area contributed by atoms with Crippen molar-refractivity contribution in [1.29, 1.82) is 0 Å². The SMILES string of the molecule is COc1cc(Cl)cc(CNC(C)C)c1OCC(F)F. The second-order valence-corrected chi connectivity index (χ2v) is 4.77. The number of benzene rings is 1. The van der Waals surface area contributed by atoms with Gasteiger partial charge < -0.3 is 14.8 Å². The van der Waals surface area contributed by atoms with Gasteiger partial charge in [-0.3, -0.25) is 0 Å². The maximum atomic E-state index is 12.3. The monoisotopic (exact) mass is 293 g/mol. The molecule has 0 radical (unpaired) electrons. The van der Waals surface area contributed by atoms with Crippen LogP contribution in [0.3, 0.4) is 0 Å². The number of hydrogen-bond donors (Lipinski definition) is 1. The molecule has 1 aromatic rings. The van der Waals surface area contributed by atoms with Gasteiger partial charge in [-0.1, -0.05) is 25.4 Å². The van der Waals surface area contributed by atoms with E-state index in [0.29, 0.717) is 28.6 Å². The Kier molecular flexibility index (Phi) is 6.31. The van der Waals surface area contributed by atoms with Crippen LogP contribution in [0.2, 0.25) is 5.02 Å². The Bertz CT molecular complexity index is 414. The lowest BCUT2D eigenvalue weighted by molar-refractivity contribution is 0.0798. The first kappa shape index (κ1) is 16.0. The van der Waals surface area contributed by atoms with Gasteiger partial charge in [0.1, 0.15) is 6.61 Å². The second-order valence-electron chi connectivity index (χ2n) is 4.33. The maximum absolute atomic E-state index is 12.3. The summed E-state index contributed by atoms with van der Waals surface area (Å²) in [4.78, 5) is 0. The third-order valence-electron chi connectivity index (χ3n) is 2.37. The third-order valence-corrected chi connectivity index (χ3v) is 2.59. The molecule has 0 saturated heterocycles. The van der Waals surface area contributed by atoms with Crippen molar-refractivity contribution in [1.82, 2.24) is 5.32 Å². The molecule has 0 saturated carbocycles. The number of nitrogens with one attached hydrogen (secondary N) is 1. The van der Waals surface area contributed by atoms with Crippen LogP contribution in [0.1, 0.15) is 19.4 Å². The first-order valence-corrected chi connectivity index (χ1v) is 6.32. The fourth-order valence-electron chi connectivity index (χ4n) is 1.53. The molecule has 1 aromatic carbocycles. The van der Waals surface area contributed by atoms with Gasteiger partial charge in [0.15, 0.2) is 11.5 Å². The first-order valence-electron chi connectivity index (χ1n) is 5.94. The minimum absolute atomic E-state index is 0.257. The second kappa shape index (κ2) is 7.50. The Labute approximate surface area is 116 Å². The highest BCUT2D eigenvalue weighted by atomic mass is 35.5. The number of rotatable bonds is 7. The van der Waals surface area contributed by atoms with Gasteiger partial charge >= 0.3 is 0 Å². The van der Waals surface area contributed by atoms with E-state index in [-0.39, 0.29) is 6.04 Å². The summed E-state index contributed by atoms with van der Waals surface area (Å²) in [6.45, 7) is 3.77. The molecule has 0 spiro atoms. The van der Waals surface area contributed by atoms with E-state index < -0.39 is 13.0 Å². The molecule has 3 nitrogen and oxygen atoms in total. The van der Waals surface area contributed by atoms with Crippen LogP contribution < -0.4 is 14.8 Å². The van der Waals surface area contributed by atoms with Crippen LogP contribution in [0.15, 0.2) is 12.1 Å². The van der Waals surface area contributed by atoms with E-state index in [1.807, 2.05) is 13.8 Å². The molecule has 0 heterocycles. The Morgan fingerprint density at radius 2 is 2.00 bits per heavy atom. The van der Waals surface area contributed by atoms with E-state index in [1.54, 1.807) is 12.1 Å². The fourth-order valence-corrected chi connectivity index (χ4v) is 1.76. The van der Waals surface area contributed by atoms with Gasteiger partial charge in [0.05, 0.1) is 7.11 Å². The average Bonchev–Trinajstić information content (AvgIpc) is 2.33. The highest BCUT2D eigenvalue weighted by molar-refractivity contribution is 6.30. The van der Waals surface area contributed by atoms with Gasteiger partial charge in [0.2, 0.25) is 0 Å². The summed E-state index contributed by atoms with van der Waals surface area (Å²) in [5.74, 6) is 0.661. The van der Waals surface area contributed by atoms with Crippen LogP contribution in [0, 0.1) is 0 Å². The molecule has 1 N–H and O–H groups in total. The summed E-state index contributed by atoms with van der Waals surface area (Å²) in [6, 6.07) is 3.48. The van der Waals surface area contributed by atoms with Crippen LogP contribution in [-0.2, 0) is 6.54 Å². The minimum atomic E-state index is -2.54. The maximum Gasteiger partial charge on any atom is 0.272 e. The summed E-state index contributed by atoms with van der Waals surface area (Å²) in [6.07, 6.45) is -2.54. The molecule has 0 aliphatic heterocycles. The molecule has 0 aliphatic carbocycles. The summed E-state index contributed by atoms with van der Waals surface area (Å²) in [7, 11) is 1.44. The molecular weight excluding hydrogens is 276 g/mol. The highest BCUT2D eigenvalue weighted by Crippen LogP contribution is 2.35. The van der Waals surface area contributed by atoms with Crippen LogP contribution in [0.5, 0.6) is 11.5 Å². The first-order chi connectivity index (χ1) is 8.93. The predicted octanol–water partition coefficient (Wildman–Crippen LogP) is 3.49. The Hall–Kier alpha value is -1.07. The van der Waals surface area contributed by atoms with E-state index >= 15 is 0 Å². The standard InChI is InChI=1S/C13H18ClF2NO2/c1-8(2)17-6-9-4-10(14)5-11(18-3)13(9)19-7-12(15)16/h4-5,8,12,17H,6-7H2,1-3H3. The van der Waals surface area contributed by atoms with E-state index in [0.717, 1.165) is 0 Å². The number of alkyl halides is 2. The zero-order valence-corrected chi connectivity index (χ0v) is 11.9. The van der Waals surface area contributed by atoms with E-state index in [9.17, 15) is 8.78 Å². The largest absolute Gasteiger partial charge is 0.493 e. The van der Waals surface area contributed by atoms with Crippen molar-refractivity contribution in [2.75, 3.05) is 13.7 Å². The number of hydrogen-bond acceptors (Lipinski definition) is 3. The van der Waals surface area contributed by atoms with E-state index in [4.69, 9.17) is 21.1 Å². The highest BCUT2D eigenvalue weighted by Gasteiger charge is 2.15. The quantitative estimate of drug-likeness (QED) is 0.835. The lowest BCUT2D eigenvalue weighted by Gasteiger charge is -2.17. The smallest absolute Gasteiger partial charge is 0.272 e. The molecule has 0 bridgehead atoms. The molecule has 0 fully saturated rings. The van der Waals surface area contributed by atoms with Crippen molar-refractivity contribution < 1.29 is 18.3 Å². The van der Waals surface area contributed by atoms with Gasteiger partial charge in [-0.25, -0.2) is 8.78 Å². The van der Waals surface area contributed by atoms with Crippen LogP contribution >= 0.6 is 11.6 Å². The normalized spacial score (nSPS) is 11.2. The third kappa shape index (κ3) is 5.20. The van der Waals surface area contributed by atoms with E-state index in [1.165, 1.54) is 7.11 Å². The van der Waals surface area contributed by atoms with Crippen LogP contribution in [0.25, 0.3) is 0 Å². The van der Waals surface area contributed by atoms with Crippen LogP contribution in [0.4, 0.5) is 8.78 Å². The Morgan fingerprint density at radius 3 is 2.53 bits per heavy atom. The molecule has 6 heteroatoms. The van der Waals surface area contributed by atoms with Gasteiger partial charge in [-0.15, -0.1) is 0 Å². The zero-order chi connectivity index (χ0) is 14.4. The van der Waals surface area contributed by atoms with Crippen molar-refractivity contribution in [2.24, 2.45) is 0 Å². The predicted molar refractivity (Wildman–Crippen MR) is 71.5 cm³/mol. The van der Waals surface area contributed by atoms with Gasteiger partial charge in [-0.2, -0.15) is 0 Å². The van der Waals surface area contributed by atoms with Crippen molar-refractivity contribution in [3.8, 4) is 11.5 Å². The molecular formula is C13H18ClF2NO2. The van der Waals surface area contributed by atoms with Crippen molar-refractivity contribution >= 4 is 11.6 Å². The average molecular weight is 294 g/mol. The molecule has 0 aromatic heterocycles. The molecule has 0 aliphatic rings. The van der Waals surface area contributed by atoms with Gasteiger partial charge in [0, 0.05) is 29.2 Å². The van der Waals surface area contributed by atoms with Gasteiger partial charge in [0.25, 0.3) is 6.43 Å². The summed E-state index contributed by atoms with van der Waals surface area (Å²) in [5.41, 5.74) is 0.693. The molecule has 108 valence electrons. The molecule has 1 rings (SSSR count). The van der Waals surface area contributed by atoms with Crippen LogP contribution in [-0.4, -0.2) is 26.2 Å². The van der Waals surface area contributed by atoms with Crippen molar-refractivity contribution in [3.63, 3.8) is 0 Å². The molecule has 0 amide bonds. The minimum Gasteiger partial charge on any atom is -0.493 e. The lowest BCUT2D eigenvalue weighted by atomic mass is 10.1. The van der Waals surface area contributed by atoms with Gasteiger partial charge in [-0.05, 0) is 6.07 Å². The van der Waals surface area contributed by atoms with E-state index in [2.05, 4.69) is 5.32 Å².